The van der Waals surface area contributed by atoms with E-state index in [2.05, 4.69) is 19.2 Å². The van der Waals surface area contributed by atoms with Gasteiger partial charge in [0.25, 0.3) is 0 Å². The average Bonchev–Trinajstić information content (AvgIpc) is 2.99. The Hall–Kier alpha value is -2.04. The second-order valence-electron chi connectivity index (χ2n) is 6.62. The van der Waals surface area contributed by atoms with Crippen molar-refractivity contribution >= 4 is 23.3 Å². The van der Waals surface area contributed by atoms with E-state index in [0.717, 1.165) is 16.8 Å². The summed E-state index contributed by atoms with van der Waals surface area (Å²) in [4.78, 5) is 14.8. The molecule has 2 heterocycles. The van der Waals surface area contributed by atoms with Gasteiger partial charge in [-0.3, -0.25) is 4.90 Å². The molecule has 0 aliphatic carbocycles. The smallest absolute Gasteiger partial charge is 0.325 e. The highest BCUT2D eigenvalue weighted by atomic mass is 35.5. The molecule has 2 atom stereocenters. The van der Waals surface area contributed by atoms with Gasteiger partial charge in [0, 0.05) is 16.1 Å². The summed E-state index contributed by atoms with van der Waals surface area (Å²) in [6.45, 7) is 4.71. The van der Waals surface area contributed by atoms with Crippen molar-refractivity contribution in [1.29, 1.82) is 0 Å². The molecule has 1 fully saturated rings. The van der Waals surface area contributed by atoms with Crippen LogP contribution >= 0.6 is 11.6 Å². The summed E-state index contributed by atoms with van der Waals surface area (Å²) >= 11 is 6.27. The number of nitrogens with one attached hydrogen (secondary N) is 1. The molecule has 124 valence electrons. The molecule has 1 N–H and O–H groups in total. The molecular weight excluding hydrogens is 324 g/mol. The highest BCUT2D eigenvalue weighted by Gasteiger charge is 2.56. The van der Waals surface area contributed by atoms with Gasteiger partial charge in [0.05, 0.1) is 18.3 Å². The molecule has 2 aliphatic heterocycles. The van der Waals surface area contributed by atoms with Crippen molar-refractivity contribution < 1.29 is 9.53 Å². The van der Waals surface area contributed by atoms with Crippen LogP contribution in [0.5, 0.6) is 0 Å². The van der Waals surface area contributed by atoms with Crippen LogP contribution in [0.25, 0.3) is 0 Å². The van der Waals surface area contributed by atoms with E-state index >= 15 is 0 Å². The molecule has 0 spiro atoms. The number of anilines is 1. The maximum atomic E-state index is 12.9. The van der Waals surface area contributed by atoms with Crippen molar-refractivity contribution in [2.75, 3.05) is 11.9 Å². The number of hydrogen-bond donors (Lipinski definition) is 1. The number of rotatable bonds is 2. The second kappa shape index (κ2) is 5.50. The van der Waals surface area contributed by atoms with E-state index in [1.807, 2.05) is 47.4 Å². The summed E-state index contributed by atoms with van der Waals surface area (Å²) in [6.07, 6.45) is 0. The highest BCUT2D eigenvalue weighted by molar-refractivity contribution is 6.30. The lowest BCUT2D eigenvalue weighted by Gasteiger charge is -2.44. The molecular formula is C19H19ClN2O2. The molecule has 0 bridgehead atoms. The zero-order valence-corrected chi connectivity index (χ0v) is 14.4. The number of benzene rings is 2. The summed E-state index contributed by atoms with van der Waals surface area (Å²) in [5, 5.41) is 3.61. The number of amides is 2. The molecule has 5 heteroatoms. The molecule has 2 aromatic carbocycles. The third-order valence-corrected chi connectivity index (χ3v) is 5.11. The van der Waals surface area contributed by atoms with E-state index in [9.17, 15) is 4.79 Å². The van der Waals surface area contributed by atoms with E-state index in [0.29, 0.717) is 11.6 Å². The van der Waals surface area contributed by atoms with Crippen molar-refractivity contribution in [1.82, 2.24) is 4.90 Å². The van der Waals surface area contributed by atoms with Gasteiger partial charge in [0.2, 0.25) is 0 Å². The van der Waals surface area contributed by atoms with Crippen LogP contribution in [0.4, 0.5) is 10.5 Å². The van der Waals surface area contributed by atoms with Gasteiger partial charge in [-0.2, -0.15) is 0 Å². The molecule has 2 amide bonds. The lowest BCUT2D eigenvalue weighted by Crippen LogP contribution is -2.56. The third-order valence-electron chi connectivity index (χ3n) is 4.88. The first-order valence-corrected chi connectivity index (χ1v) is 8.51. The monoisotopic (exact) mass is 342 g/mol. The fourth-order valence-corrected chi connectivity index (χ4v) is 3.87. The number of urea groups is 1. The van der Waals surface area contributed by atoms with Crippen LogP contribution in [0.1, 0.15) is 25.0 Å². The predicted octanol–water partition coefficient (Wildman–Crippen LogP) is 4.44. The third kappa shape index (κ3) is 2.06. The van der Waals surface area contributed by atoms with Crippen molar-refractivity contribution in [2.24, 2.45) is 5.92 Å². The minimum Gasteiger partial charge on any atom is -0.345 e. The fraction of sp³-hybridized carbons (Fsp3) is 0.316. The molecule has 4 rings (SSSR count). The number of carbonyl (C=O) groups excluding carboxylic acids is 1. The number of fused-ring (bicyclic) bond motifs is 3. The number of hydrogen-bond acceptors (Lipinski definition) is 2. The van der Waals surface area contributed by atoms with Gasteiger partial charge in [0.1, 0.15) is 0 Å². The average molecular weight is 343 g/mol. The van der Waals surface area contributed by atoms with Crippen LogP contribution in [0.15, 0.2) is 48.5 Å². The lowest BCUT2D eigenvalue weighted by molar-refractivity contribution is -0.0352. The number of carbonyl (C=O) groups is 1. The normalized spacial score (nSPS) is 25.4. The van der Waals surface area contributed by atoms with Crippen molar-refractivity contribution in [3.63, 3.8) is 0 Å². The largest absolute Gasteiger partial charge is 0.345 e. The van der Waals surface area contributed by atoms with Gasteiger partial charge in [0.15, 0.2) is 5.72 Å². The Labute approximate surface area is 146 Å². The summed E-state index contributed by atoms with van der Waals surface area (Å²) in [7, 11) is 0. The second-order valence-corrected chi connectivity index (χ2v) is 7.06. The van der Waals surface area contributed by atoms with Crippen molar-refractivity contribution in [2.45, 2.75) is 25.6 Å². The Morgan fingerprint density at radius 2 is 2.00 bits per heavy atom. The molecule has 4 nitrogen and oxygen atoms in total. The molecule has 0 saturated carbocycles. The molecule has 0 aromatic heterocycles. The Balaban J connectivity index is 2.00. The molecule has 0 radical (unpaired) electrons. The zero-order valence-electron chi connectivity index (χ0n) is 13.6. The summed E-state index contributed by atoms with van der Waals surface area (Å²) in [5.41, 5.74) is 1.63. The standard InChI is InChI=1S/C19H19ClN2O2/c1-12(2)17-11-24-19(13-6-4-3-5-7-13)15-10-14(20)8-9-16(15)21-18(23)22(17)19/h3-10,12,17H,11H2,1-2H3,(H,21,23)/t17-,19?/m0/s1. The molecule has 24 heavy (non-hydrogen) atoms. The van der Waals surface area contributed by atoms with Crippen molar-refractivity contribution in [3.8, 4) is 0 Å². The molecule has 2 aliphatic rings. The van der Waals surface area contributed by atoms with Gasteiger partial charge < -0.3 is 10.1 Å². The molecule has 2 aromatic rings. The number of halogens is 1. The van der Waals surface area contributed by atoms with Crippen molar-refractivity contribution in [3.05, 3.63) is 64.7 Å². The predicted molar refractivity (Wildman–Crippen MR) is 94.1 cm³/mol. The minimum atomic E-state index is -0.932. The Kier molecular flexibility index (Phi) is 3.55. The summed E-state index contributed by atoms with van der Waals surface area (Å²) in [5.74, 6) is 0.280. The number of nitrogens with zero attached hydrogens (tertiary/aromatic N) is 1. The highest BCUT2D eigenvalue weighted by Crippen LogP contribution is 2.50. The van der Waals surface area contributed by atoms with E-state index in [4.69, 9.17) is 16.3 Å². The SMILES string of the molecule is CC(C)[C@@H]1COC2(c3ccccc3)c3cc(Cl)ccc3NC(=O)N12. The Morgan fingerprint density at radius 1 is 1.25 bits per heavy atom. The zero-order chi connectivity index (χ0) is 16.9. The topological polar surface area (TPSA) is 41.6 Å². The van der Waals surface area contributed by atoms with Gasteiger partial charge in [-0.05, 0) is 24.1 Å². The van der Waals surface area contributed by atoms with Crippen LogP contribution in [0.2, 0.25) is 5.02 Å². The van der Waals surface area contributed by atoms with Gasteiger partial charge in [-0.25, -0.2) is 4.79 Å². The van der Waals surface area contributed by atoms with Crippen LogP contribution in [-0.4, -0.2) is 23.6 Å². The van der Waals surface area contributed by atoms with Gasteiger partial charge in [-0.15, -0.1) is 0 Å². The van der Waals surface area contributed by atoms with Gasteiger partial charge in [-0.1, -0.05) is 55.8 Å². The Bertz CT molecular complexity index is 793. The van der Waals surface area contributed by atoms with Crippen LogP contribution in [0.3, 0.4) is 0 Å². The summed E-state index contributed by atoms with van der Waals surface area (Å²) < 4.78 is 6.36. The van der Waals surface area contributed by atoms with Crippen LogP contribution < -0.4 is 5.32 Å². The first kappa shape index (κ1) is 15.5. The summed E-state index contributed by atoms with van der Waals surface area (Å²) in [6, 6.07) is 15.3. The van der Waals surface area contributed by atoms with E-state index in [1.54, 1.807) is 6.07 Å². The van der Waals surface area contributed by atoms with Gasteiger partial charge >= 0.3 is 6.03 Å². The fourth-order valence-electron chi connectivity index (χ4n) is 3.70. The maximum Gasteiger partial charge on any atom is 0.325 e. The quantitative estimate of drug-likeness (QED) is 0.876. The first-order valence-electron chi connectivity index (χ1n) is 8.14. The van der Waals surface area contributed by atoms with E-state index in [-0.39, 0.29) is 18.0 Å². The Morgan fingerprint density at radius 3 is 2.71 bits per heavy atom. The van der Waals surface area contributed by atoms with E-state index < -0.39 is 5.72 Å². The van der Waals surface area contributed by atoms with E-state index in [1.165, 1.54) is 0 Å². The molecule has 1 saturated heterocycles. The van der Waals surface area contributed by atoms with Crippen LogP contribution in [0, 0.1) is 5.92 Å². The minimum absolute atomic E-state index is 0.00247. The first-order chi connectivity index (χ1) is 11.5. The number of ether oxygens (including phenoxy) is 1. The lowest BCUT2D eigenvalue weighted by atomic mass is 9.88. The maximum absolute atomic E-state index is 12.9. The van der Waals surface area contributed by atoms with Crippen LogP contribution in [-0.2, 0) is 10.5 Å². The molecule has 1 unspecified atom stereocenters.